The number of carbonyl (C=O) groups excluding carboxylic acids is 4. The number of piperidine rings is 1. The first-order valence-corrected chi connectivity index (χ1v) is 7.27. The number of fused-ring (bicyclic) bond motifs is 1. The molecule has 1 aromatic rings. The maximum absolute atomic E-state index is 12.6. The largest absolute Gasteiger partial charge is 0.294 e. The number of rotatable bonds is 1. The molecule has 2 fully saturated rings. The first-order chi connectivity index (χ1) is 10.4. The van der Waals surface area contributed by atoms with E-state index in [9.17, 15) is 19.2 Å². The first-order valence-electron chi connectivity index (χ1n) is 7.27. The predicted molar refractivity (Wildman–Crippen MR) is 74.9 cm³/mol. The van der Waals surface area contributed by atoms with Crippen molar-refractivity contribution in [3.63, 3.8) is 0 Å². The lowest BCUT2D eigenvalue weighted by Crippen LogP contribution is -2.58. The average molecular weight is 298 g/mol. The molecule has 0 aromatic heterocycles. The Morgan fingerprint density at radius 3 is 2.50 bits per heavy atom. The number of aryl methyl sites for hydroxylation is 1. The van der Waals surface area contributed by atoms with Gasteiger partial charge in [0.1, 0.15) is 6.04 Å². The molecule has 2 aliphatic heterocycles. The van der Waals surface area contributed by atoms with E-state index in [1.54, 1.807) is 25.1 Å². The van der Waals surface area contributed by atoms with Crippen molar-refractivity contribution in [2.45, 2.75) is 32.2 Å². The average Bonchev–Trinajstić information content (AvgIpc) is 3.20. The van der Waals surface area contributed by atoms with Crippen LogP contribution in [0.2, 0.25) is 0 Å². The fourth-order valence-corrected chi connectivity index (χ4v) is 3.43. The van der Waals surface area contributed by atoms with Gasteiger partial charge in [0.2, 0.25) is 11.8 Å². The smallest absolute Gasteiger partial charge is 0.262 e. The minimum absolute atomic E-state index is 0.238. The molecule has 0 bridgehead atoms. The summed E-state index contributed by atoms with van der Waals surface area (Å²) in [4.78, 5) is 50.2. The van der Waals surface area contributed by atoms with Crippen molar-refractivity contribution in [1.29, 1.82) is 0 Å². The van der Waals surface area contributed by atoms with Gasteiger partial charge in [-0.1, -0.05) is 12.1 Å². The van der Waals surface area contributed by atoms with Gasteiger partial charge in [-0.15, -0.1) is 0 Å². The number of imide groups is 2. The van der Waals surface area contributed by atoms with Crippen LogP contribution >= 0.6 is 0 Å². The summed E-state index contributed by atoms with van der Waals surface area (Å²) in [6.07, 6.45) is 1.64. The number of nitrogens with zero attached hydrogens (tertiary/aromatic N) is 1. The van der Waals surface area contributed by atoms with Crippen molar-refractivity contribution >= 4 is 23.6 Å². The lowest BCUT2D eigenvalue weighted by atomic mass is 9.90. The molecule has 4 rings (SSSR count). The second-order valence-corrected chi connectivity index (χ2v) is 6.30. The molecule has 6 nitrogen and oxygen atoms in total. The van der Waals surface area contributed by atoms with Gasteiger partial charge in [-0.3, -0.25) is 29.4 Å². The molecular formula is C16H14N2O4. The fourth-order valence-electron chi connectivity index (χ4n) is 3.43. The Kier molecular flexibility index (Phi) is 2.41. The van der Waals surface area contributed by atoms with Crippen LogP contribution in [0.4, 0.5) is 0 Å². The number of benzene rings is 1. The molecule has 1 aromatic carbocycles. The van der Waals surface area contributed by atoms with Crippen LogP contribution in [0.25, 0.3) is 0 Å². The number of nitrogens with one attached hydrogen (secondary N) is 1. The van der Waals surface area contributed by atoms with E-state index in [0.29, 0.717) is 29.5 Å². The highest BCUT2D eigenvalue weighted by Gasteiger charge is 2.58. The minimum atomic E-state index is -0.896. The molecule has 4 amide bonds. The summed E-state index contributed by atoms with van der Waals surface area (Å²) in [5, 5.41) is 2.32. The van der Waals surface area contributed by atoms with E-state index in [2.05, 4.69) is 5.32 Å². The van der Waals surface area contributed by atoms with Gasteiger partial charge < -0.3 is 0 Å². The van der Waals surface area contributed by atoms with E-state index >= 15 is 0 Å². The van der Waals surface area contributed by atoms with Crippen LogP contribution in [0.15, 0.2) is 18.2 Å². The molecule has 1 aliphatic carbocycles. The van der Waals surface area contributed by atoms with Crippen molar-refractivity contribution in [3.05, 3.63) is 34.9 Å². The molecule has 1 atom stereocenters. The molecule has 1 spiro atoms. The summed E-state index contributed by atoms with van der Waals surface area (Å²) >= 11 is 0. The summed E-state index contributed by atoms with van der Waals surface area (Å²) in [6, 6.07) is 4.18. The summed E-state index contributed by atoms with van der Waals surface area (Å²) in [6.45, 7) is 1.76. The van der Waals surface area contributed by atoms with E-state index in [-0.39, 0.29) is 12.3 Å². The van der Waals surface area contributed by atoms with Crippen LogP contribution in [0.5, 0.6) is 0 Å². The molecule has 112 valence electrons. The van der Waals surface area contributed by atoms with Crippen molar-refractivity contribution in [2.75, 3.05) is 0 Å². The molecule has 1 N–H and O–H groups in total. The third-order valence-electron chi connectivity index (χ3n) is 4.93. The van der Waals surface area contributed by atoms with Gasteiger partial charge in [0.25, 0.3) is 11.8 Å². The number of hydrogen-bond acceptors (Lipinski definition) is 4. The standard InChI is InChI=1S/C16H14N2O4/c1-8-3-2-4-9-11(8)14(21)18(13(9)20)10-7-16(5-6-16)15(22)17-12(10)19/h2-4,10H,5-7H2,1H3,(H,17,19,22). The molecule has 2 heterocycles. The number of carbonyl (C=O) groups is 4. The third-order valence-corrected chi connectivity index (χ3v) is 4.93. The van der Waals surface area contributed by atoms with Crippen molar-refractivity contribution in [1.82, 2.24) is 10.2 Å². The zero-order valence-electron chi connectivity index (χ0n) is 12.0. The van der Waals surface area contributed by atoms with Gasteiger partial charge >= 0.3 is 0 Å². The van der Waals surface area contributed by atoms with Gasteiger partial charge in [0.15, 0.2) is 0 Å². The lowest BCUT2D eigenvalue weighted by Gasteiger charge is -2.32. The highest BCUT2D eigenvalue weighted by molar-refractivity contribution is 6.24. The SMILES string of the molecule is Cc1cccc2c1C(=O)N(C1CC3(CC3)C(=O)NC1=O)C2=O. The predicted octanol–water partition coefficient (Wildman–Crippen LogP) is 0.786. The van der Waals surface area contributed by atoms with Crippen LogP contribution in [0.3, 0.4) is 0 Å². The summed E-state index contributed by atoms with van der Waals surface area (Å²) in [5.41, 5.74) is 0.844. The van der Waals surface area contributed by atoms with E-state index in [0.717, 1.165) is 4.90 Å². The summed E-state index contributed by atoms with van der Waals surface area (Å²) < 4.78 is 0. The van der Waals surface area contributed by atoms with Crippen molar-refractivity contribution in [2.24, 2.45) is 5.41 Å². The van der Waals surface area contributed by atoms with E-state index in [4.69, 9.17) is 0 Å². The van der Waals surface area contributed by atoms with Crippen molar-refractivity contribution < 1.29 is 19.2 Å². The van der Waals surface area contributed by atoms with Crippen molar-refractivity contribution in [3.8, 4) is 0 Å². The Balaban J connectivity index is 1.74. The Hall–Kier alpha value is -2.50. The first kappa shape index (κ1) is 13.2. The second-order valence-electron chi connectivity index (χ2n) is 6.30. The quantitative estimate of drug-likeness (QED) is 0.777. The number of hydrogen-bond donors (Lipinski definition) is 1. The van der Waals surface area contributed by atoms with Gasteiger partial charge in [0, 0.05) is 0 Å². The molecule has 1 saturated carbocycles. The Bertz CT molecular complexity index is 763. The van der Waals surface area contributed by atoms with E-state index in [1.165, 1.54) is 0 Å². The van der Waals surface area contributed by atoms with Crippen LogP contribution in [0, 0.1) is 12.3 Å². The summed E-state index contributed by atoms with van der Waals surface area (Å²) in [7, 11) is 0. The Morgan fingerprint density at radius 2 is 1.86 bits per heavy atom. The van der Waals surface area contributed by atoms with Gasteiger partial charge in [-0.05, 0) is 37.8 Å². The van der Waals surface area contributed by atoms with Crippen LogP contribution < -0.4 is 5.32 Å². The van der Waals surface area contributed by atoms with Gasteiger partial charge in [-0.2, -0.15) is 0 Å². The molecular weight excluding hydrogens is 284 g/mol. The molecule has 1 unspecified atom stereocenters. The molecule has 6 heteroatoms. The topological polar surface area (TPSA) is 83.6 Å². The summed E-state index contributed by atoms with van der Waals surface area (Å²) in [5.74, 6) is -1.73. The second kappa shape index (κ2) is 4.03. The molecule has 22 heavy (non-hydrogen) atoms. The lowest BCUT2D eigenvalue weighted by molar-refractivity contribution is -0.141. The minimum Gasteiger partial charge on any atom is -0.294 e. The molecule has 1 saturated heterocycles. The van der Waals surface area contributed by atoms with Crippen LogP contribution in [0.1, 0.15) is 45.5 Å². The van der Waals surface area contributed by atoms with Gasteiger partial charge in [-0.25, -0.2) is 0 Å². The molecule has 3 aliphatic rings. The third kappa shape index (κ3) is 1.55. The maximum Gasteiger partial charge on any atom is 0.262 e. The fraction of sp³-hybridized carbons (Fsp3) is 0.375. The van der Waals surface area contributed by atoms with Gasteiger partial charge in [0.05, 0.1) is 16.5 Å². The van der Waals surface area contributed by atoms with Crippen LogP contribution in [-0.2, 0) is 9.59 Å². The van der Waals surface area contributed by atoms with E-state index in [1.807, 2.05) is 0 Å². The maximum atomic E-state index is 12.6. The highest BCUT2D eigenvalue weighted by atomic mass is 16.2. The monoisotopic (exact) mass is 298 g/mol. The number of amides is 4. The van der Waals surface area contributed by atoms with E-state index < -0.39 is 29.2 Å². The zero-order valence-corrected chi connectivity index (χ0v) is 12.0. The highest BCUT2D eigenvalue weighted by Crippen LogP contribution is 2.52. The zero-order chi connectivity index (χ0) is 15.6. The van der Waals surface area contributed by atoms with Crippen LogP contribution in [-0.4, -0.2) is 34.6 Å². The Morgan fingerprint density at radius 1 is 1.14 bits per heavy atom. The molecule has 0 radical (unpaired) electrons. The normalized spacial score (nSPS) is 25.5. The Labute approximate surface area is 126 Å².